The van der Waals surface area contributed by atoms with E-state index in [1.54, 1.807) is 30.3 Å². The molecule has 1 amide bonds. The van der Waals surface area contributed by atoms with Gasteiger partial charge in [-0.25, -0.2) is 4.98 Å². The molecule has 42 heavy (non-hydrogen) atoms. The Labute approximate surface area is 246 Å². The van der Waals surface area contributed by atoms with Crippen LogP contribution in [0.1, 0.15) is 10.4 Å². The lowest BCUT2D eigenvalue weighted by molar-refractivity contribution is 0.00706. The third-order valence-electron chi connectivity index (χ3n) is 7.30. The summed E-state index contributed by atoms with van der Waals surface area (Å²) < 4.78 is 48.0. The zero-order chi connectivity index (χ0) is 29.6. The minimum Gasteiger partial charge on any atom is -0.456 e. The number of hydrogen-bond donors (Lipinski definition) is 3. The molecule has 220 valence electrons. The first-order valence-corrected chi connectivity index (χ1v) is 15.1. The first-order chi connectivity index (χ1) is 20.1. The molecule has 2 aliphatic heterocycles. The number of aromatic nitrogens is 3. The number of aliphatic hydroxyl groups is 1. The quantitative estimate of drug-likeness (QED) is 0.251. The topological polar surface area (TPSA) is 164 Å². The van der Waals surface area contributed by atoms with Crippen molar-refractivity contribution in [2.45, 2.75) is 24.4 Å². The molecule has 0 radical (unpaired) electrons. The van der Waals surface area contributed by atoms with E-state index in [0.717, 1.165) is 16.7 Å². The Hall–Kier alpha value is -3.59. The molecule has 14 heteroatoms. The molecule has 2 aromatic carbocycles. The summed E-state index contributed by atoms with van der Waals surface area (Å²) in [6.45, 7) is 0.369. The maximum atomic E-state index is 12.6. The highest BCUT2D eigenvalue weighted by atomic mass is 35.5. The van der Waals surface area contributed by atoms with Crippen molar-refractivity contribution in [2.24, 2.45) is 0 Å². The number of fused-ring (bicyclic) bond motifs is 2. The number of halogens is 1. The molecule has 3 N–H and O–H groups in total. The predicted molar refractivity (Wildman–Crippen MR) is 153 cm³/mol. The van der Waals surface area contributed by atoms with Gasteiger partial charge in [0.05, 0.1) is 35.2 Å². The van der Waals surface area contributed by atoms with Crippen molar-refractivity contribution >= 4 is 38.8 Å². The number of imidazole rings is 1. The van der Waals surface area contributed by atoms with E-state index >= 15 is 0 Å². The van der Waals surface area contributed by atoms with Crippen LogP contribution in [-0.2, 0) is 19.6 Å². The highest BCUT2D eigenvalue weighted by Gasteiger charge is 2.48. The first-order valence-electron chi connectivity index (χ1n) is 13.1. The van der Waals surface area contributed by atoms with Crippen molar-refractivity contribution in [1.82, 2.24) is 19.9 Å². The summed E-state index contributed by atoms with van der Waals surface area (Å²) in [7, 11) is -2.68. The first kappa shape index (κ1) is 28.5. The third-order valence-corrected chi connectivity index (χ3v) is 8.29. The van der Waals surface area contributed by atoms with E-state index in [0.29, 0.717) is 27.4 Å². The zero-order valence-corrected chi connectivity index (χ0v) is 23.9. The van der Waals surface area contributed by atoms with Crippen molar-refractivity contribution in [2.75, 3.05) is 32.6 Å². The van der Waals surface area contributed by atoms with Crippen molar-refractivity contribution in [3.05, 3.63) is 65.2 Å². The molecule has 6 rings (SSSR count). The second-order valence-electron chi connectivity index (χ2n) is 10.2. The summed E-state index contributed by atoms with van der Waals surface area (Å²) in [5, 5.41) is 10.4. The van der Waals surface area contributed by atoms with Crippen LogP contribution in [0.15, 0.2) is 54.6 Å². The lowest BCUT2D eigenvalue weighted by Crippen LogP contribution is -2.34. The van der Waals surface area contributed by atoms with E-state index in [1.807, 2.05) is 24.3 Å². The van der Waals surface area contributed by atoms with E-state index in [2.05, 4.69) is 15.0 Å². The van der Waals surface area contributed by atoms with Crippen molar-refractivity contribution in [1.29, 1.82) is 0 Å². The molecule has 4 atom stereocenters. The number of amides is 1. The van der Waals surface area contributed by atoms with E-state index in [1.165, 1.54) is 11.9 Å². The number of nitrogens with zero attached hydrogens (tertiary/aromatic N) is 3. The highest BCUT2D eigenvalue weighted by Crippen LogP contribution is 2.33. The summed E-state index contributed by atoms with van der Waals surface area (Å²) in [5.41, 5.74) is 4.54. The molecule has 0 unspecified atom stereocenters. The maximum absolute atomic E-state index is 12.6. The molecule has 12 nitrogen and oxygen atoms in total. The number of rotatable bonds is 8. The molecule has 4 heterocycles. The third kappa shape index (κ3) is 5.84. The van der Waals surface area contributed by atoms with Crippen molar-refractivity contribution in [3.63, 3.8) is 0 Å². The maximum Gasteiger partial charge on any atom is 0.296 e. The summed E-state index contributed by atoms with van der Waals surface area (Å²) in [6, 6.07) is 16.5. The Morgan fingerprint density at radius 1 is 1.05 bits per heavy atom. The van der Waals surface area contributed by atoms with E-state index in [9.17, 15) is 18.3 Å². The lowest BCUT2D eigenvalue weighted by atomic mass is 10.0. The van der Waals surface area contributed by atoms with Crippen LogP contribution in [-0.4, -0.2) is 101 Å². The number of nitrogens with one attached hydrogen (secondary N) is 1. The van der Waals surface area contributed by atoms with Gasteiger partial charge < -0.3 is 29.2 Å². The fourth-order valence-electron chi connectivity index (χ4n) is 5.04. The summed E-state index contributed by atoms with van der Waals surface area (Å²) in [5.74, 6) is -0.881. The summed E-state index contributed by atoms with van der Waals surface area (Å²) >= 11 is 6.58. The van der Waals surface area contributed by atoms with Crippen molar-refractivity contribution in [3.8, 4) is 28.4 Å². The van der Waals surface area contributed by atoms with E-state index < -0.39 is 34.2 Å². The number of hydrogen-bond acceptors (Lipinski definition) is 9. The molecular weight excluding hydrogens is 588 g/mol. The monoisotopic (exact) mass is 614 g/mol. The molecule has 2 saturated heterocycles. The fourth-order valence-corrected chi connectivity index (χ4v) is 5.81. The van der Waals surface area contributed by atoms with Gasteiger partial charge in [0.25, 0.3) is 22.0 Å². The number of aliphatic hydroxyl groups excluding tert-OH is 1. The Balaban J connectivity index is 1.15. The molecular formula is C28H27ClN4O8S. The average Bonchev–Trinajstić information content (AvgIpc) is 3.67. The number of aromatic amines is 1. The van der Waals surface area contributed by atoms with Crippen LogP contribution in [0.3, 0.4) is 0 Å². The predicted octanol–water partition coefficient (Wildman–Crippen LogP) is 2.81. The number of H-pyrrole nitrogens is 1. The molecule has 4 aromatic rings. The fraction of sp³-hybridized carbons (Fsp3) is 0.321. The number of ether oxygens (including phenoxy) is 3. The Kier molecular flexibility index (Phi) is 7.64. The second kappa shape index (κ2) is 11.2. The van der Waals surface area contributed by atoms with Gasteiger partial charge in [-0.05, 0) is 29.3 Å². The van der Waals surface area contributed by atoms with E-state index in [-0.39, 0.29) is 37.8 Å². The van der Waals surface area contributed by atoms with Gasteiger partial charge in [-0.3, -0.25) is 9.35 Å². The minimum atomic E-state index is -4.16. The van der Waals surface area contributed by atoms with Gasteiger partial charge in [0.1, 0.15) is 18.3 Å². The molecule has 0 bridgehead atoms. The molecule has 0 aliphatic carbocycles. The average molecular weight is 615 g/mol. The van der Waals surface area contributed by atoms with Crippen LogP contribution in [0.5, 0.6) is 6.01 Å². The highest BCUT2D eigenvalue weighted by molar-refractivity contribution is 7.85. The molecule has 2 aromatic heterocycles. The van der Waals surface area contributed by atoms with Crippen LogP contribution >= 0.6 is 11.6 Å². The van der Waals surface area contributed by atoms with Gasteiger partial charge in [0, 0.05) is 24.7 Å². The van der Waals surface area contributed by atoms with Gasteiger partial charge in [0.15, 0.2) is 11.8 Å². The second-order valence-corrected chi connectivity index (χ2v) is 12.2. The number of pyridine rings is 1. The smallest absolute Gasteiger partial charge is 0.296 e. The van der Waals surface area contributed by atoms with Gasteiger partial charge in [-0.2, -0.15) is 13.4 Å². The number of carbonyl (C=O) groups excluding carboxylic acids is 1. The molecule has 0 spiro atoms. The van der Waals surface area contributed by atoms with Crippen molar-refractivity contribution < 1.29 is 37.1 Å². The molecule has 0 saturated carbocycles. The largest absolute Gasteiger partial charge is 0.456 e. The SMILES string of the molecule is CN(CCS(=O)(=O)O)C(=O)c1ccc(-c2ccc(-c3nc4nc(O[C@@H]5CO[C@H]6[C@@H]5OC[C@H]6O)[nH]c4cc3Cl)cc2)cc1. The van der Waals surface area contributed by atoms with E-state index in [4.69, 9.17) is 30.4 Å². The van der Waals surface area contributed by atoms with Crippen LogP contribution < -0.4 is 4.74 Å². The standard InChI is InChI=1S/C28H27ClN4O8S/c1-33(10-11-42(36,37)38)27(35)18-8-4-16(5-9-18)15-2-6-17(7-3-15)23-19(29)12-20-26(31-23)32-28(30-20)41-22-14-40-24-21(34)13-39-25(22)24/h2-9,12,21-22,24-25,34H,10-11,13-14H2,1H3,(H,30,31,32)(H,36,37,38)/t21-,22-,24-,25-/m1/s1. The van der Waals surface area contributed by atoms with Crippen LogP contribution in [0.25, 0.3) is 33.5 Å². The number of carbonyl (C=O) groups is 1. The normalized spacial score (nSPS) is 21.9. The van der Waals surface area contributed by atoms with Crippen LogP contribution in [0.2, 0.25) is 5.02 Å². The summed E-state index contributed by atoms with van der Waals surface area (Å²) in [6.07, 6.45) is -1.85. The Morgan fingerprint density at radius 2 is 1.69 bits per heavy atom. The Bertz CT molecular complexity index is 1730. The Morgan fingerprint density at radius 3 is 2.38 bits per heavy atom. The molecule has 2 aliphatic rings. The van der Waals surface area contributed by atoms with Gasteiger partial charge in [0.2, 0.25) is 0 Å². The minimum absolute atomic E-state index is 0.119. The molecule has 2 fully saturated rings. The van der Waals surface area contributed by atoms with Gasteiger partial charge in [-0.1, -0.05) is 48.0 Å². The van der Waals surface area contributed by atoms with Crippen LogP contribution in [0, 0.1) is 0 Å². The lowest BCUT2D eigenvalue weighted by Gasteiger charge is -2.16. The number of benzene rings is 2. The summed E-state index contributed by atoms with van der Waals surface area (Å²) in [4.78, 5) is 26.0. The van der Waals surface area contributed by atoms with Crippen LogP contribution in [0.4, 0.5) is 0 Å². The zero-order valence-electron chi connectivity index (χ0n) is 22.3. The van der Waals surface area contributed by atoms with Gasteiger partial charge in [-0.15, -0.1) is 0 Å². The van der Waals surface area contributed by atoms with Gasteiger partial charge >= 0.3 is 0 Å².